The highest BCUT2D eigenvalue weighted by atomic mass is 79.9. The van der Waals surface area contributed by atoms with Crippen molar-refractivity contribution in [3.8, 4) is 0 Å². The fourth-order valence-electron chi connectivity index (χ4n) is 1.02. The number of halogens is 1. The van der Waals surface area contributed by atoms with Gasteiger partial charge in [-0.25, -0.2) is 0 Å². The molecule has 0 amide bonds. The topological polar surface area (TPSA) is 26.0 Å². The Morgan fingerprint density at radius 1 is 1.58 bits per heavy atom. The number of aryl methyl sites for hydroxylation is 1. The molecule has 0 aliphatic rings. The van der Waals surface area contributed by atoms with Gasteiger partial charge in [-0.15, -0.1) is 0 Å². The fraction of sp³-hybridized carbons (Fsp3) is 0.200. The molecular formula is C10H12BrN. The van der Waals surface area contributed by atoms with Crippen molar-refractivity contribution in [3.05, 3.63) is 40.4 Å². The summed E-state index contributed by atoms with van der Waals surface area (Å²) in [5.41, 5.74) is 8.80. The first kappa shape index (κ1) is 9.49. The van der Waals surface area contributed by atoms with Gasteiger partial charge in [0.05, 0.1) is 0 Å². The van der Waals surface area contributed by atoms with Gasteiger partial charge in [-0.2, -0.15) is 0 Å². The summed E-state index contributed by atoms with van der Waals surface area (Å²) in [4.78, 5) is 0. The third-order valence-corrected chi connectivity index (χ3v) is 2.44. The predicted octanol–water partition coefficient (Wildman–Crippen LogP) is 2.73. The van der Waals surface area contributed by atoms with Gasteiger partial charge in [0.1, 0.15) is 0 Å². The van der Waals surface area contributed by atoms with Gasteiger partial charge >= 0.3 is 0 Å². The van der Waals surface area contributed by atoms with E-state index >= 15 is 0 Å². The average Bonchev–Trinajstić information content (AvgIpc) is 2.08. The molecule has 1 rings (SSSR count). The highest BCUT2D eigenvalue weighted by molar-refractivity contribution is 9.10. The van der Waals surface area contributed by atoms with Crippen LogP contribution in [0.25, 0.3) is 5.57 Å². The monoisotopic (exact) mass is 225 g/mol. The van der Waals surface area contributed by atoms with E-state index in [2.05, 4.69) is 41.6 Å². The minimum Gasteiger partial charge on any atom is -0.326 e. The van der Waals surface area contributed by atoms with Crippen LogP contribution in [0.2, 0.25) is 0 Å². The summed E-state index contributed by atoms with van der Waals surface area (Å²) in [6.07, 6.45) is 0. The SMILES string of the molecule is C=C(CN)c1cc(C)ccc1Br. The maximum Gasteiger partial charge on any atom is 0.0250 e. The van der Waals surface area contributed by atoms with E-state index in [1.54, 1.807) is 0 Å². The van der Waals surface area contributed by atoms with Crippen molar-refractivity contribution < 1.29 is 0 Å². The van der Waals surface area contributed by atoms with Gasteiger partial charge in [0.15, 0.2) is 0 Å². The standard InChI is InChI=1S/C10H12BrN/c1-7-3-4-10(11)9(5-7)8(2)6-12/h3-5H,2,6,12H2,1H3. The zero-order chi connectivity index (χ0) is 9.14. The fourth-order valence-corrected chi connectivity index (χ4v) is 1.55. The predicted molar refractivity (Wildman–Crippen MR) is 57.0 cm³/mol. The second-order valence-corrected chi connectivity index (χ2v) is 3.65. The first-order chi connectivity index (χ1) is 5.65. The minimum absolute atomic E-state index is 0.502. The van der Waals surface area contributed by atoms with Gasteiger partial charge in [-0.05, 0) is 24.1 Å². The van der Waals surface area contributed by atoms with E-state index in [9.17, 15) is 0 Å². The summed E-state index contributed by atoms with van der Waals surface area (Å²) in [7, 11) is 0. The van der Waals surface area contributed by atoms with Crippen LogP contribution in [0.5, 0.6) is 0 Å². The second-order valence-electron chi connectivity index (χ2n) is 2.79. The number of nitrogens with two attached hydrogens (primary N) is 1. The van der Waals surface area contributed by atoms with Crippen molar-refractivity contribution in [2.45, 2.75) is 6.92 Å². The summed E-state index contributed by atoms with van der Waals surface area (Å²) < 4.78 is 1.06. The van der Waals surface area contributed by atoms with E-state index in [4.69, 9.17) is 5.73 Å². The number of hydrogen-bond donors (Lipinski definition) is 1. The Balaban J connectivity index is 3.13. The number of benzene rings is 1. The molecule has 0 aromatic heterocycles. The molecule has 0 unspecified atom stereocenters. The Kier molecular flexibility index (Phi) is 3.06. The Morgan fingerprint density at radius 3 is 2.83 bits per heavy atom. The lowest BCUT2D eigenvalue weighted by Gasteiger charge is -2.06. The van der Waals surface area contributed by atoms with Crippen LogP contribution in [0.15, 0.2) is 29.3 Å². The number of rotatable bonds is 2. The Hall–Kier alpha value is -0.600. The lowest BCUT2D eigenvalue weighted by Crippen LogP contribution is -2.01. The summed E-state index contributed by atoms with van der Waals surface area (Å²) in [5, 5.41) is 0. The van der Waals surface area contributed by atoms with Crippen LogP contribution in [-0.4, -0.2) is 6.54 Å². The van der Waals surface area contributed by atoms with Gasteiger partial charge in [0.25, 0.3) is 0 Å². The van der Waals surface area contributed by atoms with Gasteiger partial charge in [0, 0.05) is 11.0 Å². The zero-order valence-corrected chi connectivity index (χ0v) is 8.69. The van der Waals surface area contributed by atoms with Crippen molar-refractivity contribution in [1.29, 1.82) is 0 Å². The molecule has 0 fully saturated rings. The van der Waals surface area contributed by atoms with Crippen LogP contribution in [0.4, 0.5) is 0 Å². The van der Waals surface area contributed by atoms with Crippen molar-refractivity contribution in [2.75, 3.05) is 6.54 Å². The Bertz CT molecular complexity index is 305. The summed E-state index contributed by atoms with van der Waals surface area (Å²) in [5.74, 6) is 0. The molecule has 0 atom stereocenters. The maximum atomic E-state index is 5.50. The van der Waals surface area contributed by atoms with Gasteiger partial charge in [0.2, 0.25) is 0 Å². The van der Waals surface area contributed by atoms with E-state index in [-0.39, 0.29) is 0 Å². The van der Waals surface area contributed by atoms with Crippen molar-refractivity contribution >= 4 is 21.5 Å². The first-order valence-corrected chi connectivity index (χ1v) is 4.59. The van der Waals surface area contributed by atoms with Crippen LogP contribution in [-0.2, 0) is 0 Å². The summed E-state index contributed by atoms with van der Waals surface area (Å²) >= 11 is 3.46. The molecule has 2 N–H and O–H groups in total. The van der Waals surface area contributed by atoms with Gasteiger partial charge < -0.3 is 5.73 Å². The lowest BCUT2D eigenvalue weighted by atomic mass is 10.1. The second kappa shape index (κ2) is 3.87. The molecular weight excluding hydrogens is 214 g/mol. The first-order valence-electron chi connectivity index (χ1n) is 3.79. The Morgan fingerprint density at radius 2 is 2.25 bits per heavy atom. The van der Waals surface area contributed by atoms with E-state index in [0.29, 0.717) is 6.54 Å². The van der Waals surface area contributed by atoms with Crippen molar-refractivity contribution in [1.82, 2.24) is 0 Å². The number of hydrogen-bond acceptors (Lipinski definition) is 1. The molecule has 0 aliphatic carbocycles. The van der Waals surface area contributed by atoms with Crippen LogP contribution in [0, 0.1) is 6.92 Å². The van der Waals surface area contributed by atoms with Gasteiger partial charge in [-0.3, -0.25) is 0 Å². The third kappa shape index (κ3) is 1.96. The van der Waals surface area contributed by atoms with Crippen LogP contribution in [0.3, 0.4) is 0 Å². The zero-order valence-electron chi connectivity index (χ0n) is 7.10. The van der Waals surface area contributed by atoms with Crippen LogP contribution < -0.4 is 5.73 Å². The van der Waals surface area contributed by atoms with Crippen molar-refractivity contribution in [3.63, 3.8) is 0 Å². The minimum atomic E-state index is 0.502. The molecule has 1 aromatic rings. The molecule has 0 heterocycles. The van der Waals surface area contributed by atoms with E-state index in [0.717, 1.165) is 15.6 Å². The van der Waals surface area contributed by atoms with Crippen LogP contribution >= 0.6 is 15.9 Å². The molecule has 1 nitrogen and oxygen atoms in total. The molecule has 0 aliphatic heterocycles. The molecule has 2 heteroatoms. The smallest absolute Gasteiger partial charge is 0.0250 e. The maximum absolute atomic E-state index is 5.50. The molecule has 0 radical (unpaired) electrons. The normalized spacial score (nSPS) is 9.92. The highest BCUT2D eigenvalue weighted by Gasteiger charge is 2.01. The molecule has 64 valence electrons. The molecule has 0 bridgehead atoms. The van der Waals surface area contributed by atoms with Crippen LogP contribution in [0.1, 0.15) is 11.1 Å². The lowest BCUT2D eigenvalue weighted by molar-refractivity contribution is 1.26. The van der Waals surface area contributed by atoms with Crippen molar-refractivity contribution in [2.24, 2.45) is 5.73 Å². The highest BCUT2D eigenvalue weighted by Crippen LogP contribution is 2.23. The molecule has 1 aromatic carbocycles. The summed E-state index contributed by atoms with van der Waals surface area (Å²) in [6, 6.07) is 6.15. The molecule has 0 spiro atoms. The average molecular weight is 226 g/mol. The molecule has 0 saturated carbocycles. The Labute approximate surface area is 81.4 Å². The summed E-state index contributed by atoms with van der Waals surface area (Å²) in [6.45, 7) is 6.45. The van der Waals surface area contributed by atoms with E-state index < -0.39 is 0 Å². The third-order valence-electron chi connectivity index (χ3n) is 1.75. The quantitative estimate of drug-likeness (QED) is 0.824. The molecule has 0 saturated heterocycles. The largest absolute Gasteiger partial charge is 0.326 e. The van der Waals surface area contributed by atoms with Gasteiger partial charge in [-0.1, -0.05) is 40.2 Å². The molecule has 12 heavy (non-hydrogen) atoms. The van der Waals surface area contributed by atoms with E-state index in [1.807, 2.05) is 6.07 Å². The van der Waals surface area contributed by atoms with E-state index in [1.165, 1.54) is 5.56 Å².